The van der Waals surface area contributed by atoms with E-state index in [2.05, 4.69) is 15.7 Å². The number of benzene rings is 2. The van der Waals surface area contributed by atoms with Gasteiger partial charge in [-0.1, -0.05) is 18.2 Å². The molecule has 1 aromatic heterocycles. The van der Waals surface area contributed by atoms with Gasteiger partial charge in [-0.2, -0.15) is 5.10 Å². The minimum atomic E-state index is -0.820. The van der Waals surface area contributed by atoms with E-state index < -0.39 is 6.04 Å². The van der Waals surface area contributed by atoms with Crippen molar-refractivity contribution in [1.29, 1.82) is 0 Å². The van der Waals surface area contributed by atoms with Gasteiger partial charge >= 0.3 is 0 Å². The van der Waals surface area contributed by atoms with Crippen LogP contribution in [0.2, 0.25) is 0 Å². The molecule has 160 valence electrons. The zero-order valence-electron chi connectivity index (χ0n) is 17.3. The fourth-order valence-corrected chi connectivity index (χ4v) is 3.55. The largest absolute Gasteiger partial charge is 0.497 e. The van der Waals surface area contributed by atoms with Crippen LogP contribution in [0.15, 0.2) is 48.7 Å². The number of methoxy groups -OCH3 is 3. The third kappa shape index (κ3) is 3.77. The van der Waals surface area contributed by atoms with E-state index in [1.807, 2.05) is 24.3 Å². The molecule has 1 aliphatic heterocycles. The Bertz CT molecular complexity index is 1140. The van der Waals surface area contributed by atoms with Gasteiger partial charge in [0.2, 0.25) is 11.8 Å². The van der Waals surface area contributed by atoms with Crippen molar-refractivity contribution < 1.29 is 23.8 Å². The summed E-state index contributed by atoms with van der Waals surface area (Å²) in [6.45, 7) is 0. The first-order valence-electron chi connectivity index (χ1n) is 9.59. The van der Waals surface area contributed by atoms with Crippen LogP contribution in [-0.2, 0) is 9.59 Å². The van der Waals surface area contributed by atoms with E-state index in [9.17, 15) is 9.59 Å². The van der Waals surface area contributed by atoms with E-state index in [1.165, 1.54) is 11.8 Å². The van der Waals surface area contributed by atoms with Gasteiger partial charge in [0.05, 0.1) is 39.6 Å². The molecule has 9 nitrogen and oxygen atoms in total. The Balaban J connectivity index is 1.67. The highest BCUT2D eigenvalue weighted by Gasteiger charge is 2.34. The molecular formula is C22H22N4O5. The predicted molar refractivity (Wildman–Crippen MR) is 115 cm³/mol. The maximum Gasteiger partial charge on any atom is 0.249 e. The van der Waals surface area contributed by atoms with E-state index in [-0.39, 0.29) is 18.2 Å². The summed E-state index contributed by atoms with van der Waals surface area (Å²) in [6, 6.07) is 11.7. The van der Waals surface area contributed by atoms with Gasteiger partial charge in [0.25, 0.3) is 0 Å². The number of fused-ring (bicyclic) bond motifs is 1. The molecule has 0 aliphatic carbocycles. The van der Waals surface area contributed by atoms with Crippen molar-refractivity contribution in [2.24, 2.45) is 0 Å². The van der Waals surface area contributed by atoms with E-state index in [1.54, 1.807) is 38.6 Å². The number of amides is 2. The van der Waals surface area contributed by atoms with Crippen LogP contribution in [0, 0.1) is 0 Å². The maximum absolute atomic E-state index is 13.1. The Hall–Kier alpha value is -4.01. The number of carbonyl (C=O) groups is 2. The number of ether oxygens (including phenoxy) is 3. The van der Waals surface area contributed by atoms with Gasteiger partial charge < -0.3 is 24.8 Å². The number of anilines is 2. The highest BCUT2D eigenvalue weighted by Crippen LogP contribution is 2.39. The topological polar surface area (TPSA) is 104 Å². The number of carbonyl (C=O) groups excluding carboxylic acids is 2. The first-order chi connectivity index (χ1) is 15.0. The molecule has 2 N–H and O–H groups in total. The average molecular weight is 422 g/mol. The molecule has 0 fully saturated rings. The summed E-state index contributed by atoms with van der Waals surface area (Å²) in [7, 11) is 4.63. The lowest BCUT2D eigenvalue weighted by atomic mass is 10.1. The highest BCUT2D eigenvalue weighted by atomic mass is 16.5. The third-order valence-electron chi connectivity index (χ3n) is 5.09. The van der Waals surface area contributed by atoms with Gasteiger partial charge in [-0.05, 0) is 18.2 Å². The van der Waals surface area contributed by atoms with Crippen molar-refractivity contribution in [3.63, 3.8) is 0 Å². The van der Waals surface area contributed by atoms with E-state index >= 15 is 0 Å². The Morgan fingerprint density at radius 1 is 1.06 bits per heavy atom. The van der Waals surface area contributed by atoms with Crippen molar-refractivity contribution in [2.45, 2.75) is 12.5 Å². The standard InChI is InChI=1S/C22H22N4O5/c1-29-13-8-9-16(19(10-13)31-3)24-22(28)17-11-20(27)25-21-15(12-23-26(17)21)14-6-4-5-7-18(14)30-2/h4-10,12,17H,11H2,1-3H3,(H,24,28)(H,25,27). The van der Waals surface area contributed by atoms with Crippen molar-refractivity contribution in [2.75, 3.05) is 32.0 Å². The summed E-state index contributed by atoms with van der Waals surface area (Å²) in [5.74, 6) is 1.48. The molecule has 2 heterocycles. The number of rotatable bonds is 6. The highest BCUT2D eigenvalue weighted by molar-refractivity contribution is 6.03. The normalized spacial score (nSPS) is 14.9. The van der Waals surface area contributed by atoms with E-state index in [4.69, 9.17) is 14.2 Å². The summed E-state index contributed by atoms with van der Waals surface area (Å²) in [5.41, 5.74) is 1.91. The monoisotopic (exact) mass is 422 g/mol. The van der Waals surface area contributed by atoms with Crippen LogP contribution in [0.3, 0.4) is 0 Å². The van der Waals surface area contributed by atoms with Crippen LogP contribution in [-0.4, -0.2) is 42.9 Å². The Morgan fingerprint density at radius 2 is 1.84 bits per heavy atom. The Kier molecular flexibility index (Phi) is 5.48. The Morgan fingerprint density at radius 3 is 2.58 bits per heavy atom. The number of hydrogen-bond donors (Lipinski definition) is 2. The zero-order valence-corrected chi connectivity index (χ0v) is 17.3. The van der Waals surface area contributed by atoms with Crippen LogP contribution in [0.1, 0.15) is 12.5 Å². The van der Waals surface area contributed by atoms with Crippen LogP contribution in [0.4, 0.5) is 11.5 Å². The summed E-state index contributed by atoms with van der Waals surface area (Å²) in [6.07, 6.45) is 1.58. The molecule has 0 bridgehead atoms. The first kappa shape index (κ1) is 20.3. The van der Waals surface area contributed by atoms with Crippen LogP contribution in [0.25, 0.3) is 11.1 Å². The molecule has 2 aromatic carbocycles. The second kappa shape index (κ2) is 8.39. The van der Waals surface area contributed by atoms with Crippen molar-refractivity contribution in [3.8, 4) is 28.4 Å². The molecule has 1 unspecified atom stereocenters. The molecule has 3 aromatic rings. The first-order valence-corrected chi connectivity index (χ1v) is 9.59. The van der Waals surface area contributed by atoms with Gasteiger partial charge in [0.1, 0.15) is 29.1 Å². The van der Waals surface area contributed by atoms with E-state index in [0.29, 0.717) is 34.3 Å². The molecule has 2 amide bonds. The molecule has 31 heavy (non-hydrogen) atoms. The molecule has 1 atom stereocenters. The van der Waals surface area contributed by atoms with Gasteiger partial charge in [-0.3, -0.25) is 9.59 Å². The van der Waals surface area contributed by atoms with Crippen molar-refractivity contribution in [3.05, 3.63) is 48.7 Å². The third-order valence-corrected chi connectivity index (χ3v) is 5.09. The fourth-order valence-electron chi connectivity index (χ4n) is 3.55. The quantitative estimate of drug-likeness (QED) is 0.633. The fraction of sp³-hybridized carbons (Fsp3) is 0.227. The van der Waals surface area contributed by atoms with Gasteiger partial charge in [0.15, 0.2) is 0 Å². The number of hydrogen-bond acceptors (Lipinski definition) is 6. The van der Waals surface area contributed by atoms with Crippen molar-refractivity contribution in [1.82, 2.24) is 9.78 Å². The minimum absolute atomic E-state index is 0.0374. The zero-order chi connectivity index (χ0) is 22.0. The lowest BCUT2D eigenvalue weighted by molar-refractivity contribution is -0.125. The molecule has 9 heteroatoms. The van der Waals surface area contributed by atoms with Gasteiger partial charge in [-0.15, -0.1) is 0 Å². The van der Waals surface area contributed by atoms with Gasteiger partial charge in [-0.25, -0.2) is 4.68 Å². The smallest absolute Gasteiger partial charge is 0.249 e. The average Bonchev–Trinajstić information content (AvgIpc) is 3.22. The van der Waals surface area contributed by atoms with Crippen LogP contribution >= 0.6 is 0 Å². The van der Waals surface area contributed by atoms with Crippen molar-refractivity contribution >= 4 is 23.3 Å². The summed E-state index contributed by atoms with van der Waals surface area (Å²) >= 11 is 0. The lowest BCUT2D eigenvalue weighted by Crippen LogP contribution is -2.35. The second-order valence-electron chi connectivity index (χ2n) is 6.88. The summed E-state index contributed by atoms with van der Waals surface area (Å²) < 4.78 is 17.5. The Labute approximate surface area is 178 Å². The summed E-state index contributed by atoms with van der Waals surface area (Å²) in [5, 5.41) is 10.1. The van der Waals surface area contributed by atoms with Gasteiger partial charge in [0, 0.05) is 17.2 Å². The minimum Gasteiger partial charge on any atom is -0.497 e. The molecule has 0 saturated heterocycles. The van der Waals surface area contributed by atoms with E-state index in [0.717, 1.165) is 5.56 Å². The lowest BCUT2D eigenvalue weighted by Gasteiger charge is -2.25. The predicted octanol–water partition coefficient (Wildman–Crippen LogP) is 3.10. The second-order valence-corrected chi connectivity index (χ2v) is 6.88. The maximum atomic E-state index is 13.1. The van der Waals surface area contributed by atoms with Crippen LogP contribution < -0.4 is 24.8 Å². The summed E-state index contributed by atoms with van der Waals surface area (Å²) in [4.78, 5) is 25.5. The molecule has 0 radical (unpaired) electrons. The van der Waals surface area contributed by atoms with Crippen LogP contribution in [0.5, 0.6) is 17.2 Å². The number of para-hydroxylation sites is 1. The molecule has 0 spiro atoms. The molecule has 0 saturated carbocycles. The SMILES string of the molecule is COc1ccc(NC(=O)C2CC(=O)Nc3c(-c4ccccc4OC)cnn32)c(OC)c1. The molecule has 4 rings (SSSR count). The molecule has 1 aliphatic rings. The molecular weight excluding hydrogens is 400 g/mol. The number of nitrogens with one attached hydrogen (secondary N) is 2. The number of nitrogens with zero attached hydrogens (tertiary/aromatic N) is 2. The number of aromatic nitrogens is 2.